The third-order valence-electron chi connectivity index (χ3n) is 4.59. The van der Waals surface area contributed by atoms with Crippen LogP contribution in [0.1, 0.15) is 33.3 Å². The van der Waals surface area contributed by atoms with Crippen molar-refractivity contribution in [2.45, 2.75) is 38.1 Å². The second-order valence-corrected chi connectivity index (χ2v) is 7.93. The van der Waals surface area contributed by atoms with Crippen molar-refractivity contribution in [3.05, 3.63) is 23.8 Å². The number of nitrogens with two attached hydrogens (primary N) is 1. The SMILES string of the molecule is CC1(C)CN(c2ccc(S(N)(=O)=O)cc2C#N)C1(C)C. The summed E-state index contributed by atoms with van der Waals surface area (Å²) in [6.07, 6.45) is 0. The van der Waals surface area contributed by atoms with E-state index in [0.717, 1.165) is 12.2 Å². The van der Waals surface area contributed by atoms with E-state index in [-0.39, 0.29) is 15.8 Å². The molecule has 108 valence electrons. The van der Waals surface area contributed by atoms with Gasteiger partial charge in [-0.2, -0.15) is 5.26 Å². The first-order valence-corrected chi connectivity index (χ1v) is 7.90. The summed E-state index contributed by atoms with van der Waals surface area (Å²) in [5, 5.41) is 14.4. The normalized spacial score (nSPS) is 20.1. The lowest BCUT2D eigenvalue weighted by molar-refractivity contribution is 0.0979. The number of rotatable bonds is 2. The molecule has 2 rings (SSSR count). The quantitative estimate of drug-likeness (QED) is 0.901. The number of hydrogen-bond acceptors (Lipinski definition) is 4. The van der Waals surface area contributed by atoms with Crippen LogP contribution in [-0.2, 0) is 10.0 Å². The first-order valence-electron chi connectivity index (χ1n) is 6.35. The second kappa shape index (κ2) is 4.21. The fourth-order valence-electron chi connectivity index (χ4n) is 2.46. The van der Waals surface area contributed by atoms with E-state index in [9.17, 15) is 13.7 Å². The summed E-state index contributed by atoms with van der Waals surface area (Å²) in [6, 6.07) is 6.51. The molecule has 0 bridgehead atoms. The Hall–Kier alpha value is -1.58. The summed E-state index contributed by atoms with van der Waals surface area (Å²) in [5.41, 5.74) is 1.13. The van der Waals surface area contributed by atoms with E-state index in [0.29, 0.717) is 5.56 Å². The zero-order valence-corrected chi connectivity index (χ0v) is 13.0. The fraction of sp³-hybridized carbons (Fsp3) is 0.500. The number of sulfonamides is 1. The van der Waals surface area contributed by atoms with E-state index in [1.807, 2.05) is 0 Å². The van der Waals surface area contributed by atoms with Crippen molar-refractivity contribution in [3.8, 4) is 6.07 Å². The van der Waals surface area contributed by atoms with Gasteiger partial charge in [0.1, 0.15) is 6.07 Å². The minimum absolute atomic E-state index is 0.0320. The van der Waals surface area contributed by atoms with Gasteiger partial charge in [0.15, 0.2) is 0 Å². The van der Waals surface area contributed by atoms with Gasteiger partial charge in [0.05, 0.1) is 16.1 Å². The van der Waals surface area contributed by atoms with Gasteiger partial charge in [-0.25, -0.2) is 13.6 Å². The maximum atomic E-state index is 11.4. The van der Waals surface area contributed by atoms with Crippen LogP contribution in [0.3, 0.4) is 0 Å². The van der Waals surface area contributed by atoms with Gasteiger partial charge in [0, 0.05) is 17.5 Å². The maximum absolute atomic E-state index is 11.4. The minimum atomic E-state index is -3.79. The Labute approximate surface area is 120 Å². The van der Waals surface area contributed by atoms with E-state index >= 15 is 0 Å². The van der Waals surface area contributed by atoms with Gasteiger partial charge in [-0.15, -0.1) is 0 Å². The molecule has 20 heavy (non-hydrogen) atoms. The lowest BCUT2D eigenvalue weighted by Gasteiger charge is -2.62. The molecule has 1 saturated heterocycles. The Kier molecular flexibility index (Phi) is 3.12. The van der Waals surface area contributed by atoms with Crippen LogP contribution in [0.25, 0.3) is 0 Å². The molecule has 6 heteroatoms. The predicted molar refractivity (Wildman–Crippen MR) is 77.7 cm³/mol. The third kappa shape index (κ3) is 2.07. The second-order valence-electron chi connectivity index (χ2n) is 6.36. The van der Waals surface area contributed by atoms with Gasteiger partial charge in [-0.1, -0.05) is 13.8 Å². The molecule has 1 aliphatic heterocycles. The van der Waals surface area contributed by atoms with Gasteiger partial charge in [0.2, 0.25) is 10.0 Å². The van der Waals surface area contributed by atoms with Crippen molar-refractivity contribution in [1.82, 2.24) is 0 Å². The molecule has 0 saturated carbocycles. The first kappa shape index (κ1) is 14.8. The van der Waals surface area contributed by atoms with Crippen molar-refractivity contribution < 1.29 is 8.42 Å². The molecule has 1 aliphatic rings. The Bertz CT molecular complexity index is 700. The molecule has 0 atom stereocenters. The van der Waals surface area contributed by atoms with Crippen LogP contribution < -0.4 is 10.0 Å². The van der Waals surface area contributed by atoms with E-state index in [4.69, 9.17) is 5.14 Å². The van der Waals surface area contributed by atoms with Gasteiger partial charge >= 0.3 is 0 Å². The van der Waals surface area contributed by atoms with E-state index in [1.165, 1.54) is 12.1 Å². The van der Waals surface area contributed by atoms with Crippen molar-refractivity contribution in [3.63, 3.8) is 0 Å². The maximum Gasteiger partial charge on any atom is 0.238 e. The molecule has 1 aromatic rings. The highest BCUT2D eigenvalue weighted by Gasteiger charge is 2.52. The van der Waals surface area contributed by atoms with Crippen LogP contribution in [0.15, 0.2) is 23.1 Å². The molecule has 1 heterocycles. The average Bonchev–Trinajstić information content (AvgIpc) is 2.34. The molecule has 0 radical (unpaired) electrons. The number of primary sulfonamides is 1. The van der Waals surface area contributed by atoms with E-state index in [2.05, 4.69) is 38.7 Å². The topological polar surface area (TPSA) is 87.2 Å². The van der Waals surface area contributed by atoms with E-state index in [1.54, 1.807) is 6.07 Å². The molecular weight excluding hydrogens is 274 g/mol. The summed E-state index contributed by atoms with van der Waals surface area (Å²) >= 11 is 0. The summed E-state index contributed by atoms with van der Waals surface area (Å²) in [5.74, 6) is 0. The molecule has 5 nitrogen and oxygen atoms in total. The number of nitrogens with zero attached hydrogens (tertiary/aromatic N) is 2. The number of hydrogen-bond donors (Lipinski definition) is 1. The summed E-state index contributed by atoms with van der Waals surface area (Å²) < 4.78 is 22.7. The molecular formula is C14H19N3O2S. The first-order chi connectivity index (χ1) is 9.00. The van der Waals surface area contributed by atoms with Crippen LogP contribution in [0.5, 0.6) is 0 Å². The number of benzene rings is 1. The Morgan fingerprint density at radius 3 is 2.30 bits per heavy atom. The molecule has 1 fully saturated rings. The van der Waals surface area contributed by atoms with Crippen molar-refractivity contribution in [2.24, 2.45) is 10.6 Å². The number of nitriles is 1. The zero-order chi connectivity index (χ0) is 15.3. The van der Waals surface area contributed by atoms with Crippen molar-refractivity contribution >= 4 is 15.7 Å². The third-order valence-corrected chi connectivity index (χ3v) is 5.50. The Morgan fingerprint density at radius 2 is 1.90 bits per heavy atom. The average molecular weight is 293 g/mol. The highest BCUT2D eigenvalue weighted by atomic mass is 32.2. The van der Waals surface area contributed by atoms with Crippen LogP contribution in [0, 0.1) is 16.7 Å². The highest BCUT2D eigenvalue weighted by Crippen LogP contribution is 2.49. The Morgan fingerprint density at radius 1 is 1.30 bits per heavy atom. The predicted octanol–water partition coefficient (Wildman–Crippen LogP) is 1.83. The molecule has 0 aromatic heterocycles. The van der Waals surface area contributed by atoms with Crippen LogP contribution >= 0.6 is 0 Å². The minimum Gasteiger partial charge on any atom is -0.364 e. The van der Waals surface area contributed by atoms with Crippen LogP contribution in [0.2, 0.25) is 0 Å². The summed E-state index contributed by atoms with van der Waals surface area (Å²) in [6.45, 7) is 9.41. The van der Waals surface area contributed by atoms with Gasteiger partial charge in [-0.3, -0.25) is 0 Å². The van der Waals surface area contributed by atoms with Crippen molar-refractivity contribution in [2.75, 3.05) is 11.4 Å². The monoisotopic (exact) mass is 293 g/mol. The number of anilines is 1. The Balaban J connectivity index is 2.49. The largest absolute Gasteiger partial charge is 0.364 e. The van der Waals surface area contributed by atoms with Gasteiger partial charge in [0.25, 0.3) is 0 Å². The lowest BCUT2D eigenvalue weighted by Crippen LogP contribution is -2.69. The highest BCUT2D eigenvalue weighted by molar-refractivity contribution is 7.89. The van der Waals surface area contributed by atoms with Crippen molar-refractivity contribution in [1.29, 1.82) is 5.26 Å². The molecule has 0 unspecified atom stereocenters. The summed E-state index contributed by atoms with van der Waals surface area (Å²) in [4.78, 5) is 2.09. The fourth-order valence-corrected chi connectivity index (χ4v) is 3.00. The molecule has 0 spiro atoms. The molecule has 1 aromatic carbocycles. The zero-order valence-electron chi connectivity index (χ0n) is 12.1. The molecule has 2 N–H and O–H groups in total. The van der Waals surface area contributed by atoms with Crippen LogP contribution in [0.4, 0.5) is 5.69 Å². The van der Waals surface area contributed by atoms with Gasteiger partial charge < -0.3 is 4.90 Å². The lowest BCUT2D eigenvalue weighted by atomic mass is 9.65. The van der Waals surface area contributed by atoms with Crippen LogP contribution in [-0.4, -0.2) is 20.5 Å². The standard InChI is InChI=1S/C14H19N3O2S/c1-13(2)9-17(14(13,3)4)12-6-5-11(20(16,18)19)7-10(12)8-15/h5-7H,9H2,1-4H3,(H2,16,18,19). The molecule has 0 aliphatic carbocycles. The smallest absolute Gasteiger partial charge is 0.238 e. The van der Waals surface area contributed by atoms with Gasteiger partial charge in [-0.05, 0) is 32.0 Å². The molecule has 0 amide bonds. The van der Waals surface area contributed by atoms with E-state index < -0.39 is 10.0 Å². The summed E-state index contributed by atoms with van der Waals surface area (Å²) in [7, 11) is -3.79.